The molecule has 0 aliphatic rings. The van der Waals surface area contributed by atoms with Crippen LogP contribution in [-0.2, 0) is 0 Å². The highest BCUT2D eigenvalue weighted by atomic mass is 32.1. The number of nitrogens with two attached hydrogens (primary N) is 1. The summed E-state index contributed by atoms with van der Waals surface area (Å²) in [5.74, 6) is 0. The quantitative estimate of drug-likeness (QED) is 0.771. The first-order chi connectivity index (χ1) is 6.77. The summed E-state index contributed by atoms with van der Waals surface area (Å²) in [5, 5.41) is 2.24. The summed E-state index contributed by atoms with van der Waals surface area (Å²) in [7, 11) is 0. The van der Waals surface area contributed by atoms with Gasteiger partial charge in [-0.15, -0.1) is 11.3 Å². The number of benzene rings is 1. The first-order valence-corrected chi connectivity index (χ1v) is 5.04. The van der Waals surface area contributed by atoms with Crippen molar-refractivity contribution in [1.82, 2.24) is 4.98 Å². The second kappa shape index (κ2) is 3.75. The van der Waals surface area contributed by atoms with E-state index >= 15 is 0 Å². The average molecular weight is 208 g/mol. The molecule has 2 rings (SSSR count). The number of alkyl halides is 1. The summed E-state index contributed by atoms with van der Waals surface area (Å²) in [4.78, 5) is 3.93. The number of aromatic nitrogens is 1. The summed E-state index contributed by atoms with van der Waals surface area (Å²) in [5.41, 5.74) is 6.74. The van der Waals surface area contributed by atoms with Crippen LogP contribution in [0.2, 0.25) is 0 Å². The van der Waals surface area contributed by atoms with Crippen LogP contribution in [0.25, 0.3) is 0 Å². The van der Waals surface area contributed by atoms with Gasteiger partial charge in [0, 0.05) is 17.3 Å². The van der Waals surface area contributed by atoms with Gasteiger partial charge in [0.2, 0.25) is 0 Å². The molecule has 0 saturated heterocycles. The van der Waals surface area contributed by atoms with Crippen molar-refractivity contribution in [2.24, 2.45) is 0 Å². The number of hydrogen-bond acceptors (Lipinski definition) is 3. The Labute approximate surface area is 85.2 Å². The Morgan fingerprint density at radius 1 is 1.29 bits per heavy atom. The minimum Gasteiger partial charge on any atom is -0.399 e. The summed E-state index contributed by atoms with van der Waals surface area (Å²) in [6, 6.07) is 6.74. The molecule has 4 heteroatoms. The van der Waals surface area contributed by atoms with Crippen molar-refractivity contribution in [3.63, 3.8) is 0 Å². The molecule has 1 aromatic heterocycles. The highest BCUT2D eigenvalue weighted by Gasteiger charge is 2.14. The van der Waals surface area contributed by atoms with Crippen molar-refractivity contribution >= 4 is 17.0 Å². The number of rotatable bonds is 2. The van der Waals surface area contributed by atoms with Gasteiger partial charge in [-0.1, -0.05) is 12.1 Å². The van der Waals surface area contributed by atoms with Crippen LogP contribution < -0.4 is 5.73 Å². The van der Waals surface area contributed by atoms with E-state index in [1.807, 2.05) is 0 Å². The zero-order valence-electron chi connectivity index (χ0n) is 7.35. The molecule has 2 N–H and O–H groups in total. The molecular weight excluding hydrogens is 199 g/mol. The third kappa shape index (κ3) is 1.75. The van der Waals surface area contributed by atoms with Crippen LogP contribution in [0, 0.1) is 0 Å². The molecule has 72 valence electrons. The summed E-state index contributed by atoms with van der Waals surface area (Å²) < 4.78 is 13.7. The third-order valence-corrected chi connectivity index (χ3v) is 2.71. The van der Waals surface area contributed by atoms with E-state index in [0.717, 1.165) is 0 Å². The zero-order valence-corrected chi connectivity index (χ0v) is 8.17. The van der Waals surface area contributed by atoms with E-state index in [2.05, 4.69) is 4.98 Å². The second-order valence-electron chi connectivity index (χ2n) is 2.90. The molecular formula is C10H9FN2S. The molecule has 0 radical (unpaired) electrons. The van der Waals surface area contributed by atoms with Crippen LogP contribution in [0.4, 0.5) is 10.1 Å². The predicted molar refractivity (Wildman–Crippen MR) is 55.9 cm³/mol. The standard InChI is InChI=1S/C10H9FN2S/c11-9(10-13-5-6-14-10)7-1-3-8(12)4-2-7/h1-6,9H,12H2. The molecule has 0 spiro atoms. The maximum atomic E-state index is 13.7. The van der Waals surface area contributed by atoms with Crippen molar-refractivity contribution in [1.29, 1.82) is 0 Å². The van der Waals surface area contributed by atoms with Gasteiger partial charge in [0.05, 0.1) is 0 Å². The fourth-order valence-electron chi connectivity index (χ4n) is 1.17. The summed E-state index contributed by atoms with van der Waals surface area (Å²) >= 11 is 1.31. The predicted octanol–water partition coefficient (Wildman–Crippen LogP) is 2.78. The molecule has 1 unspecified atom stereocenters. The monoisotopic (exact) mass is 208 g/mol. The largest absolute Gasteiger partial charge is 0.399 e. The van der Waals surface area contributed by atoms with E-state index in [1.54, 1.807) is 35.8 Å². The Morgan fingerprint density at radius 2 is 2.00 bits per heavy atom. The lowest BCUT2D eigenvalue weighted by Crippen LogP contribution is -1.93. The van der Waals surface area contributed by atoms with Crippen LogP contribution in [0.3, 0.4) is 0 Å². The number of thiazole rings is 1. The fraction of sp³-hybridized carbons (Fsp3) is 0.100. The normalized spacial score (nSPS) is 12.6. The first kappa shape index (κ1) is 9.15. The number of halogens is 1. The van der Waals surface area contributed by atoms with Crippen molar-refractivity contribution < 1.29 is 4.39 Å². The number of nitrogens with zero attached hydrogens (tertiary/aromatic N) is 1. The van der Waals surface area contributed by atoms with Crippen LogP contribution in [0.1, 0.15) is 16.7 Å². The van der Waals surface area contributed by atoms with E-state index in [1.165, 1.54) is 11.3 Å². The molecule has 0 fully saturated rings. The van der Waals surface area contributed by atoms with E-state index < -0.39 is 6.17 Å². The van der Waals surface area contributed by atoms with Gasteiger partial charge in [-0.05, 0) is 17.7 Å². The Balaban J connectivity index is 2.28. The molecule has 0 amide bonds. The van der Waals surface area contributed by atoms with E-state index in [9.17, 15) is 4.39 Å². The Kier molecular flexibility index (Phi) is 2.45. The van der Waals surface area contributed by atoms with Crippen molar-refractivity contribution in [3.8, 4) is 0 Å². The fourth-order valence-corrected chi connectivity index (χ4v) is 1.81. The summed E-state index contributed by atoms with van der Waals surface area (Å²) in [6.07, 6.45) is 0.458. The van der Waals surface area contributed by atoms with Crippen molar-refractivity contribution in [2.75, 3.05) is 5.73 Å². The Hall–Kier alpha value is -1.42. The lowest BCUT2D eigenvalue weighted by Gasteiger charge is -2.04. The minimum absolute atomic E-state index is 0.481. The van der Waals surface area contributed by atoms with Crippen LogP contribution in [0.15, 0.2) is 35.8 Å². The van der Waals surface area contributed by atoms with Gasteiger partial charge in [-0.2, -0.15) is 0 Å². The van der Waals surface area contributed by atoms with Gasteiger partial charge in [-0.25, -0.2) is 9.37 Å². The third-order valence-electron chi connectivity index (χ3n) is 1.90. The zero-order chi connectivity index (χ0) is 9.97. The van der Waals surface area contributed by atoms with Crippen molar-refractivity contribution in [2.45, 2.75) is 6.17 Å². The lowest BCUT2D eigenvalue weighted by molar-refractivity contribution is 0.400. The molecule has 2 aromatic rings. The number of anilines is 1. The molecule has 0 bridgehead atoms. The molecule has 0 aliphatic carbocycles. The highest BCUT2D eigenvalue weighted by Crippen LogP contribution is 2.27. The molecule has 2 nitrogen and oxygen atoms in total. The molecule has 0 aliphatic heterocycles. The van der Waals surface area contributed by atoms with Gasteiger partial charge in [0.1, 0.15) is 5.01 Å². The highest BCUT2D eigenvalue weighted by molar-refractivity contribution is 7.09. The first-order valence-electron chi connectivity index (χ1n) is 4.16. The number of nitrogen functional groups attached to an aromatic ring is 1. The smallest absolute Gasteiger partial charge is 0.176 e. The minimum atomic E-state index is -1.14. The van der Waals surface area contributed by atoms with E-state index in [0.29, 0.717) is 16.3 Å². The maximum absolute atomic E-state index is 13.7. The van der Waals surface area contributed by atoms with Gasteiger partial charge >= 0.3 is 0 Å². The van der Waals surface area contributed by atoms with Crippen molar-refractivity contribution in [3.05, 3.63) is 46.4 Å². The molecule has 1 aromatic carbocycles. The Bertz CT molecular complexity index is 397. The van der Waals surface area contributed by atoms with E-state index in [4.69, 9.17) is 5.73 Å². The molecule has 14 heavy (non-hydrogen) atoms. The molecule has 1 heterocycles. The average Bonchev–Trinajstić information content (AvgIpc) is 2.71. The van der Waals surface area contributed by atoms with E-state index in [-0.39, 0.29) is 0 Å². The second-order valence-corrected chi connectivity index (χ2v) is 3.83. The topological polar surface area (TPSA) is 38.9 Å². The number of hydrogen-bond donors (Lipinski definition) is 1. The van der Waals surface area contributed by atoms with Crippen LogP contribution >= 0.6 is 11.3 Å². The van der Waals surface area contributed by atoms with Gasteiger partial charge in [-0.3, -0.25) is 0 Å². The van der Waals surface area contributed by atoms with Gasteiger partial charge < -0.3 is 5.73 Å². The maximum Gasteiger partial charge on any atom is 0.176 e. The van der Waals surface area contributed by atoms with Gasteiger partial charge in [0.15, 0.2) is 6.17 Å². The lowest BCUT2D eigenvalue weighted by atomic mass is 10.1. The van der Waals surface area contributed by atoms with Crippen LogP contribution in [-0.4, -0.2) is 4.98 Å². The van der Waals surface area contributed by atoms with Gasteiger partial charge in [0.25, 0.3) is 0 Å². The molecule has 1 atom stereocenters. The SMILES string of the molecule is Nc1ccc(C(F)c2nccs2)cc1. The molecule has 0 saturated carbocycles. The van der Waals surface area contributed by atoms with Crippen LogP contribution in [0.5, 0.6) is 0 Å². The Morgan fingerprint density at radius 3 is 2.57 bits per heavy atom. The summed E-state index contributed by atoms with van der Waals surface area (Å²) in [6.45, 7) is 0.